The van der Waals surface area contributed by atoms with E-state index < -0.39 is 0 Å². The average molecular weight is 426 g/mol. The number of hydrogen-bond acceptors (Lipinski definition) is 2. The van der Waals surface area contributed by atoms with Crippen molar-refractivity contribution in [3.63, 3.8) is 0 Å². The summed E-state index contributed by atoms with van der Waals surface area (Å²) in [6.45, 7) is 4.38. The predicted molar refractivity (Wildman–Crippen MR) is 129 cm³/mol. The first-order valence-corrected chi connectivity index (χ1v) is 11.4. The maximum absolute atomic E-state index is 5.95. The molecule has 4 heteroatoms. The van der Waals surface area contributed by atoms with Crippen LogP contribution in [0.3, 0.4) is 0 Å². The molecule has 2 heterocycles. The smallest absolute Gasteiger partial charge is 0.124 e. The maximum Gasteiger partial charge on any atom is 0.124 e. The highest BCUT2D eigenvalue weighted by atomic mass is 16.5. The first-order chi connectivity index (χ1) is 15.8. The van der Waals surface area contributed by atoms with Gasteiger partial charge >= 0.3 is 0 Å². The third-order valence-electron chi connectivity index (χ3n) is 6.39. The lowest BCUT2D eigenvalue weighted by atomic mass is 9.87. The van der Waals surface area contributed by atoms with Gasteiger partial charge in [-0.2, -0.15) is 0 Å². The third kappa shape index (κ3) is 3.87. The Balaban J connectivity index is 1.54. The van der Waals surface area contributed by atoms with E-state index in [9.17, 15) is 0 Å². The lowest BCUT2D eigenvalue weighted by molar-refractivity contribution is 0.331. The Kier molecular flexibility index (Phi) is 5.87. The van der Waals surface area contributed by atoms with E-state index in [1.165, 1.54) is 27.6 Å². The molecule has 0 amide bonds. The zero-order valence-corrected chi connectivity index (χ0v) is 18.7. The van der Waals surface area contributed by atoms with Crippen LogP contribution in [-0.2, 0) is 6.54 Å². The number of rotatable bonds is 7. The Morgan fingerprint density at radius 2 is 1.81 bits per heavy atom. The molecular formula is C28H29N2O2. The number of para-hydroxylation sites is 2. The molecule has 5 rings (SSSR count). The minimum Gasteiger partial charge on any atom is -0.497 e. The summed E-state index contributed by atoms with van der Waals surface area (Å²) in [4.78, 5) is 0. The lowest BCUT2D eigenvalue weighted by Crippen LogP contribution is -2.13. The highest BCUT2D eigenvalue weighted by Gasteiger charge is 2.34. The van der Waals surface area contributed by atoms with Crippen molar-refractivity contribution >= 4 is 10.9 Å². The van der Waals surface area contributed by atoms with Crippen LogP contribution in [-0.4, -0.2) is 24.8 Å². The number of benzene rings is 3. The Bertz CT molecular complexity index is 1210. The summed E-state index contributed by atoms with van der Waals surface area (Å²) in [7, 11) is 1.71. The summed E-state index contributed by atoms with van der Waals surface area (Å²) < 4.78 is 13.7. The first-order valence-electron chi connectivity index (χ1n) is 11.4. The topological polar surface area (TPSA) is 37.5 Å². The number of aromatic nitrogens is 1. The quantitative estimate of drug-likeness (QED) is 0.368. The van der Waals surface area contributed by atoms with Crippen molar-refractivity contribution in [2.45, 2.75) is 31.8 Å². The molecule has 1 radical (unpaired) electrons. The number of ether oxygens (including phenoxy) is 2. The number of hydrogen-bond donors (Lipinski definition) is 0. The van der Waals surface area contributed by atoms with E-state index >= 15 is 0 Å². The van der Waals surface area contributed by atoms with Crippen molar-refractivity contribution in [1.29, 1.82) is 0 Å². The van der Waals surface area contributed by atoms with Crippen molar-refractivity contribution in [3.05, 3.63) is 95.7 Å². The Morgan fingerprint density at radius 1 is 0.969 bits per heavy atom. The molecule has 4 aromatic rings. The molecule has 0 aliphatic carbocycles. The molecule has 1 aromatic heterocycles. The van der Waals surface area contributed by atoms with Crippen LogP contribution in [0.1, 0.15) is 42.0 Å². The fourth-order valence-corrected chi connectivity index (χ4v) is 4.96. The Labute approximate surface area is 189 Å². The monoisotopic (exact) mass is 425 g/mol. The molecule has 2 atom stereocenters. The highest BCUT2D eigenvalue weighted by Crippen LogP contribution is 2.44. The van der Waals surface area contributed by atoms with E-state index in [0.29, 0.717) is 12.5 Å². The van der Waals surface area contributed by atoms with Gasteiger partial charge in [0.05, 0.1) is 19.8 Å². The van der Waals surface area contributed by atoms with Gasteiger partial charge in [0.25, 0.3) is 0 Å². The maximum atomic E-state index is 5.95. The molecule has 1 saturated heterocycles. The van der Waals surface area contributed by atoms with Crippen LogP contribution in [0.2, 0.25) is 0 Å². The van der Waals surface area contributed by atoms with Crippen molar-refractivity contribution in [2.75, 3.05) is 20.3 Å². The molecule has 0 N–H and O–H groups in total. The van der Waals surface area contributed by atoms with Gasteiger partial charge in [0.2, 0.25) is 0 Å². The second-order valence-electron chi connectivity index (χ2n) is 8.30. The first kappa shape index (κ1) is 20.7. The summed E-state index contributed by atoms with van der Waals surface area (Å²) in [6, 6.07) is 25.5. The molecule has 163 valence electrons. The standard InChI is InChI=1S/C28H29N2O2/c1-3-32-27-14-7-5-12-24(27)28-23(15-16-29-28)25-19-30(26-13-6-4-11-22(25)26)18-20-9-8-10-21(17-20)31-2/h4-14,17,19,23,28H,3,15-16,18H2,1-2H3. The largest absolute Gasteiger partial charge is 0.497 e. The minimum atomic E-state index is 0.119. The van der Waals surface area contributed by atoms with Crippen LogP contribution < -0.4 is 14.8 Å². The number of fused-ring (bicyclic) bond motifs is 1. The highest BCUT2D eigenvalue weighted by molar-refractivity contribution is 5.85. The van der Waals surface area contributed by atoms with E-state index in [1.54, 1.807) is 7.11 Å². The number of nitrogens with zero attached hydrogens (tertiary/aromatic N) is 2. The van der Waals surface area contributed by atoms with E-state index in [-0.39, 0.29) is 6.04 Å². The third-order valence-corrected chi connectivity index (χ3v) is 6.39. The molecule has 0 saturated carbocycles. The zero-order chi connectivity index (χ0) is 21.9. The summed E-state index contributed by atoms with van der Waals surface area (Å²) in [5.41, 5.74) is 5.06. The number of methoxy groups -OCH3 is 1. The molecule has 1 aliphatic heterocycles. The molecule has 4 nitrogen and oxygen atoms in total. The van der Waals surface area contributed by atoms with Gasteiger partial charge in [0.1, 0.15) is 11.5 Å². The molecule has 0 bridgehead atoms. The molecule has 1 aliphatic rings. The summed E-state index contributed by atoms with van der Waals surface area (Å²) in [6.07, 6.45) is 3.39. The fourth-order valence-electron chi connectivity index (χ4n) is 4.96. The lowest BCUT2D eigenvalue weighted by Gasteiger charge is -2.21. The van der Waals surface area contributed by atoms with Crippen LogP contribution in [0.25, 0.3) is 10.9 Å². The minimum absolute atomic E-state index is 0.119. The Hall–Kier alpha value is -3.24. The van der Waals surface area contributed by atoms with Gasteiger partial charge in [-0.1, -0.05) is 48.5 Å². The van der Waals surface area contributed by atoms with Crippen LogP contribution in [0.4, 0.5) is 0 Å². The van der Waals surface area contributed by atoms with E-state index in [0.717, 1.165) is 31.0 Å². The molecule has 2 unspecified atom stereocenters. The molecule has 1 fully saturated rings. The summed E-state index contributed by atoms with van der Waals surface area (Å²) >= 11 is 0. The summed E-state index contributed by atoms with van der Waals surface area (Å²) in [5, 5.41) is 6.34. The molecule has 3 aromatic carbocycles. The van der Waals surface area contributed by atoms with Gasteiger partial charge in [-0.25, -0.2) is 5.32 Å². The zero-order valence-electron chi connectivity index (χ0n) is 18.7. The van der Waals surface area contributed by atoms with Gasteiger partial charge in [-0.3, -0.25) is 0 Å². The van der Waals surface area contributed by atoms with Crippen molar-refractivity contribution < 1.29 is 9.47 Å². The van der Waals surface area contributed by atoms with Gasteiger partial charge < -0.3 is 14.0 Å². The summed E-state index contributed by atoms with van der Waals surface area (Å²) in [5.74, 6) is 2.19. The van der Waals surface area contributed by atoms with E-state index in [1.807, 2.05) is 19.1 Å². The van der Waals surface area contributed by atoms with Gasteiger partial charge in [-0.15, -0.1) is 0 Å². The van der Waals surface area contributed by atoms with Gasteiger partial charge in [0, 0.05) is 41.7 Å². The second kappa shape index (κ2) is 9.09. The SMILES string of the molecule is CCOc1ccccc1C1[N]CCC1c1cn(Cc2cccc(OC)c2)c2ccccc12. The van der Waals surface area contributed by atoms with Crippen molar-refractivity contribution in [1.82, 2.24) is 9.88 Å². The Morgan fingerprint density at radius 3 is 2.69 bits per heavy atom. The molecular weight excluding hydrogens is 396 g/mol. The normalized spacial score (nSPS) is 18.2. The van der Waals surface area contributed by atoms with Crippen LogP contribution >= 0.6 is 0 Å². The van der Waals surface area contributed by atoms with Gasteiger partial charge in [-0.05, 0) is 48.7 Å². The molecule has 32 heavy (non-hydrogen) atoms. The van der Waals surface area contributed by atoms with Crippen LogP contribution in [0.15, 0.2) is 79.0 Å². The van der Waals surface area contributed by atoms with E-state index in [4.69, 9.17) is 14.8 Å². The predicted octanol–water partition coefficient (Wildman–Crippen LogP) is 5.93. The van der Waals surface area contributed by atoms with Crippen LogP contribution in [0, 0.1) is 0 Å². The van der Waals surface area contributed by atoms with Crippen molar-refractivity contribution in [2.24, 2.45) is 0 Å². The average Bonchev–Trinajstić information content (AvgIpc) is 3.45. The molecule has 0 spiro atoms. The van der Waals surface area contributed by atoms with E-state index in [2.05, 4.69) is 71.4 Å². The fraction of sp³-hybridized carbons (Fsp3) is 0.286. The van der Waals surface area contributed by atoms with Crippen LogP contribution in [0.5, 0.6) is 11.5 Å². The van der Waals surface area contributed by atoms with Crippen molar-refractivity contribution in [3.8, 4) is 11.5 Å². The van der Waals surface area contributed by atoms with Gasteiger partial charge in [0.15, 0.2) is 0 Å². The second-order valence-corrected chi connectivity index (χ2v) is 8.30.